The number of rotatable bonds is 9. The summed E-state index contributed by atoms with van der Waals surface area (Å²) in [5.41, 5.74) is 0. The molecular weight excluding hydrogens is 228 g/mol. The van der Waals surface area contributed by atoms with Crippen molar-refractivity contribution in [3.8, 4) is 0 Å². The Balaban J connectivity index is 3.40. The second-order valence-corrected chi connectivity index (χ2v) is 5.42. The molecule has 16 heavy (non-hydrogen) atoms. The van der Waals surface area contributed by atoms with E-state index < -0.39 is 10.8 Å². The summed E-state index contributed by atoms with van der Waals surface area (Å²) in [7, 11) is 0.803. The van der Waals surface area contributed by atoms with Crippen molar-refractivity contribution >= 4 is 16.7 Å². The van der Waals surface area contributed by atoms with Gasteiger partial charge >= 0.3 is 0 Å². The van der Waals surface area contributed by atoms with Crippen LogP contribution < -0.4 is 10.6 Å². The zero-order chi connectivity index (χ0) is 12.4. The van der Waals surface area contributed by atoms with Crippen molar-refractivity contribution in [2.24, 2.45) is 0 Å². The van der Waals surface area contributed by atoms with Crippen LogP contribution in [0, 0.1) is 0 Å². The number of ether oxygens (including phenoxy) is 1. The highest BCUT2D eigenvalue weighted by atomic mass is 32.2. The zero-order valence-electron chi connectivity index (χ0n) is 10.2. The van der Waals surface area contributed by atoms with Gasteiger partial charge in [-0.2, -0.15) is 0 Å². The van der Waals surface area contributed by atoms with Gasteiger partial charge in [0.25, 0.3) is 0 Å². The molecule has 2 unspecified atom stereocenters. The number of methoxy groups -OCH3 is 1. The highest BCUT2D eigenvalue weighted by Gasteiger charge is 2.06. The highest BCUT2D eigenvalue weighted by molar-refractivity contribution is 7.84. The van der Waals surface area contributed by atoms with Gasteiger partial charge in [-0.25, -0.2) is 0 Å². The maximum atomic E-state index is 11.3. The van der Waals surface area contributed by atoms with Crippen LogP contribution in [0.5, 0.6) is 0 Å². The summed E-state index contributed by atoms with van der Waals surface area (Å²) in [6.07, 6.45) is 2.42. The molecule has 0 aliphatic rings. The first kappa shape index (κ1) is 15.5. The summed E-state index contributed by atoms with van der Waals surface area (Å²) in [4.78, 5) is 11.3. The predicted octanol–water partition coefficient (Wildman–Crippen LogP) is -0.504. The lowest BCUT2D eigenvalue weighted by Crippen LogP contribution is -2.36. The van der Waals surface area contributed by atoms with E-state index in [0.717, 1.165) is 6.42 Å². The average Bonchev–Trinajstić information content (AvgIpc) is 2.24. The van der Waals surface area contributed by atoms with Gasteiger partial charge in [0, 0.05) is 42.5 Å². The second kappa shape index (κ2) is 9.74. The molecule has 0 aliphatic carbocycles. The van der Waals surface area contributed by atoms with E-state index in [9.17, 15) is 9.00 Å². The Morgan fingerprint density at radius 1 is 1.44 bits per heavy atom. The number of carbonyl (C=O) groups is 1. The molecule has 1 amide bonds. The molecule has 0 spiro atoms. The fraction of sp³-hybridized carbons (Fsp3) is 0.900. The van der Waals surface area contributed by atoms with E-state index in [1.165, 1.54) is 0 Å². The van der Waals surface area contributed by atoms with E-state index in [2.05, 4.69) is 10.6 Å². The molecule has 0 saturated carbocycles. The average molecular weight is 250 g/mol. The maximum absolute atomic E-state index is 11.3. The van der Waals surface area contributed by atoms with E-state index in [4.69, 9.17) is 4.74 Å². The van der Waals surface area contributed by atoms with Gasteiger partial charge < -0.3 is 15.4 Å². The standard InChI is InChI=1S/C10H22N2O3S/c1-9(16(3)14)4-5-12-10(13)8-11-6-7-15-2/h9,11H,4-8H2,1-3H3,(H,12,13). The first-order chi connectivity index (χ1) is 7.57. The summed E-state index contributed by atoms with van der Waals surface area (Å²) in [6, 6.07) is 0. The number of amides is 1. The second-order valence-electron chi connectivity index (χ2n) is 3.62. The summed E-state index contributed by atoms with van der Waals surface area (Å²) in [6.45, 7) is 4.05. The molecule has 0 aromatic carbocycles. The van der Waals surface area contributed by atoms with Gasteiger partial charge in [0.1, 0.15) is 0 Å². The minimum atomic E-state index is -0.817. The summed E-state index contributed by atoms with van der Waals surface area (Å²) < 4.78 is 15.9. The van der Waals surface area contributed by atoms with Crippen molar-refractivity contribution in [3.63, 3.8) is 0 Å². The largest absolute Gasteiger partial charge is 0.383 e. The Morgan fingerprint density at radius 3 is 2.69 bits per heavy atom. The SMILES string of the molecule is COCCNCC(=O)NCCC(C)S(C)=O. The van der Waals surface area contributed by atoms with E-state index >= 15 is 0 Å². The fourth-order valence-corrected chi connectivity index (χ4v) is 1.47. The molecule has 0 aromatic rings. The fourth-order valence-electron chi connectivity index (χ4n) is 1.02. The van der Waals surface area contributed by atoms with Crippen LogP contribution in [0.15, 0.2) is 0 Å². The molecule has 96 valence electrons. The molecule has 5 nitrogen and oxygen atoms in total. The van der Waals surface area contributed by atoms with E-state index in [-0.39, 0.29) is 11.2 Å². The number of carbonyl (C=O) groups excluding carboxylic acids is 1. The van der Waals surface area contributed by atoms with Crippen LogP contribution >= 0.6 is 0 Å². The third-order valence-corrected chi connectivity index (χ3v) is 3.58. The Kier molecular flexibility index (Phi) is 9.46. The first-order valence-electron chi connectivity index (χ1n) is 5.36. The summed E-state index contributed by atoms with van der Waals surface area (Å²) >= 11 is 0. The van der Waals surface area contributed by atoms with Crippen LogP contribution in [0.25, 0.3) is 0 Å². The van der Waals surface area contributed by atoms with E-state index in [0.29, 0.717) is 26.2 Å². The lowest BCUT2D eigenvalue weighted by Gasteiger charge is -2.09. The van der Waals surface area contributed by atoms with Gasteiger partial charge in [0.15, 0.2) is 0 Å². The maximum Gasteiger partial charge on any atom is 0.233 e. The predicted molar refractivity (Wildman–Crippen MR) is 65.9 cm³/mol. The number of hydrogen-bond donors (Lipinski definition) is 2. The van der Waals surface area contributed by atoms with Crippen molar-refractivity contribution in [2.45, 2.75) is 18.6 Å². The molecule has 0 radical (unpaired) electrons. The molecule has 0 heterocycles. The lowest BCUT2D eigenvalue weighted by atomic mass is 10.3. The van der Waals surface area contributed by atoms with E-state index in [1.54, 1.807) is 13.4 Å². The molecule has 0 rings (SSSR count). The Morgan fingerprint density at radius 2 is 2.12 bits per heavy atom. The van der Waals surface area contributed by atoms with Gasteiger partial charge in [-0.15, -0.1) is 0 Å². The molecule has 0 aliphatic heterocycles. The van der Waals surface area contributed by atoms with E-state index in [1.807, 2.05) is 6.92 Å². The lowest BCUT2D eigenvalue weighted by molar-refractivity contribution is -0.120. The van der Waals surface area contributed by atoms with Gasteiger partial charge in [-0.1, -0.05) is 6.92 Å². The quantitative estimate of drug-likeness (QED) is 0.541. The molecule has 2 atom stereocenters. The zero-order valence-corrected chi connectivity index (χ0v) is 11.1. The monoisotopic (exact) mass is 250 g/mol. The van der Waals surface area contributed by atoms with Crippen molar-refractivity contribution in [2.75, 3.05) is 39.6 Å². The Hall–Kier alpha value is -0.460. The van der Waals surface area contributed by atoms with Crippen molar-refractivity contribution in [1.82, 2.24) is 10.6 Å². The Labute approximate surface area is 99.8 Å². The molecule has 0 bridgehead atoms. The van der Waals surface area contributed by atoms with Crippen molar-refractivity contribution in [1.29, 1.82) is 0 Å². The van der Waals surface area contributed by atoms with Crippen molar-refractivity contribution in [3.05, 3.63) is 0 Å². The van der Waals surface area contributed by atoms with Gasteiger partial charge in [-0.3, -0.25) is 9.00 Å². The number of nitrogens with one attached hydrogen (secondary N) is 2. The molecule has 2 N–H and O–H groups in total. The Bertz CT molecular complexity index is 224. The summed E-state index contributed by atoms with van der Waals surface area (Å²) in [5.74, 6) is -0.0369. The van der Waals surface area contributed by atoms with Gasteiger partial charge in [-0.05, 0) is 6.42 Å². The third kappa shape index (κ3) is 8.82. The minimum absolute atomic E-state index is 0.0369. The first-order valence-corrected chi connectivity index (χ1v) is 6.98. The number of hydrogen-bond acceptors (Lipinski definition) is 4. The van der Waals surface area contributed by atoms with Crippen LogP contribution in [0.4, 0.5) is 0 Å². The smallest absolute Gasteiger partial charge is 0.233 e. The van der Waals surface area contributed by atoms with Crippen LogP contribution in [0.1, 0.15) is 13.3 Å². The van der Waals surface area contributed by atoms with Crippen LogP contribution in [0.2, 0.25) is 0 Å². The minimum Gasteiger partial charge on any atom is -0.383 e. The van der Waals surface area contributed by atoms with Crippen molar-refractivity contribution < 1.29 is 13.7 Å². The van der Waals surface area contributed by atoms with Gasteiger partial charge in [0.2, 0.25) is 5.91 Å². The third-order valence-electron chi connectivity index (χ3n) is 2.21. The molecule has 0 saturated heterocycles. The van der Waals surface area contributed by atoms with Crippen LogP contribution in [-0.2, 0) is 20.3 Å². The van der Waals surface area contributed by atoms with Crippen LogP contribution in [-0.4, -0.2) is 55.0 Å². The molecule has 0 fully saturated rings. The summed E-state index contributed by atoms with van der Waals surface area (Å²) in [5, 5.41) is 5.85. The topological polar surface area (TPSA) is 67.4 Å². The van der Waals surface area contributed by atoms with Crippen LogP contribution in [0.3, 0.4) is 0 Å². The normalized spacial score (nSPS) is 14.4. The van der Waals surface area contributed by atoms with Gasteiger partial charge in [0.05, 0.1) is 13.2 Å². The molecular formula is C10H22N2O3S. The molecule has 6 heteroatoms. The highest BCUT2D eigenvalue weighted by Crippen LogP contribution is 1.96. The molecule has 0 aromatic heterocycles.